The summed E-state index contributed by atoms with van der Waals surface area (Å²) in [7, 11) is 4.49. The van der Waals surface area contributed by atoms with E-state index in [0.717, 1.165) is 29.9 Å². The number of nitrogens with one attached hydrogen (secondary N) is 1. The lowest BCUT2D eigenvalue weighted by Crippen LogP contribution is -2.45. The minimum Gasteiger partial charge on any atom is -0.317 e. The maximum Gasteiger partial charge on any atom is 0.151 e. The summed E-state index contributed by atoms with van der Waals surface area (Å²) >= 11 is 11.9. The van der Waals surface area contributed by atoms with Crippen LogP contribution in [-0.2, 0) is 6.54 Å². The van der Waals surface area contributed by atoms with Gasteiger partial charge in [0.15, 0.2) is 6.29 Å². The van der Waals surface area contributed by atoms with E-state index in [1.807, 2.05) is 12.1 Å². The lowest BCUT2D eigenvalue weighted by atomic mass is 10.0. The van der Waals surface area contributed by atoms with Crippen LogP contribution in [-0.4, -0.2) is 136 Å². The van der Waals surface area contributed by atoms with Crippen molar-refractivity contribution < 1.29 is 4.79 Å². The van der Waals surface area contributed by atoms with E-state index in [-0.39, 0.29) is 0 Å². The molecular weight excluding hydrogens is 603 g/mol. The summed E-state index contributed by atoms with van der Waals surface area (Å²) in [6, 6.07) is 16.8. The molecule has 0 unspecified atom stereocenters. The molecule has 4 aliphatic rings. The number of hydrogen-bond acceptors (Lipinski definition) is 7. The van der Waals surface area contributed by atoms with E-state index >= 15 is 0 Å². The van der Waals surface area contributed by atoms with Crippen molar-refractivity contribution in [2.24, 2.45) is 0 Å². The van der Waals surface area contributed by atoms with Gasteiger partial charge in [0, 0.05) is 55.4 Å². The number of halogens is 2. The van der Waals surface area contributed by atoms with Crippen molar-refractivity contribution in [2.45, 2.75) is 57.2 Å². The molecule has 4 fully saturated rings. The van der Waals surface area contributed by atoms with Crippen LogP contribution in [0.5, 0.6) is 0 Å². The second kappa shape index (κ2) is 20.0. The largest absolute Gasteiger partial charge is 0.317 e. The molecule has 2 aromatic rings. The van der Waals surface area contributed by atoms with Gasteiger partial charge in [0.1, 0.15) is 0 Å². The van der Waals surface area contributed by atoms with E-state index in [1.54, 1.807) is 24.3 Å². The van der Waals surface area contributed by atoms with Gasteiger partial charge < -0.3 is 15.1 Å². The molecular formula is C36H56Cl2N6O. The molecule has 0 spiro atoms. The van der Waals surface area contributed by atoms with Gasteiger partial charge in [-0.3, -0.25) is 19.5 Å². The molecule has 4 saturated heterocycles. The first kappa shape index (κ1) is 36.3. The number of benzene rings is 2. The van der Waals surface area contributed by atoms with E-state index in [2.05, 4.69) is 56.0 Å². The second-order valence-electron chi connectivity index (χ2n) is 13.1. The fourth-order valence-corrected chi connectivity index (χ4v) is 7.29. The van der Waals surface area contributed by atoms with Gasteiger partial charge >= 0.3 is 0 Å². The van der Waals surface area contributed by atoms with Gasteiger partial charge in [-0.05, 0) is 123 Å². The second-order valence-corrected chi connectivity index (χ2v) is 13.9. The molecule has 9 heteroatoms. The number of nitrogens with zero attached hydrogens (tertiary/aromatic N) is 5. The molecule has 45 heavy (non-hydrogen) atoms. The van der Waals surface area contributed by atoms with Gasteiger partial charge in [-0.15, -0.1) is 0 Å². The van der Waals surface area contributed by atoms with E-state index in [4.69, 9.17) is 23.2 Å². The molecule has 0 atom stereocenters. The fourth-order valence-electron chi connectivity index (χ4n) is 6.92. The Kier molecular flexibility index (Phi) is 16.1. The third-order valence-corrected chi connectivity index (χ3v) is 10.5. The number of likely N-dealkylation sites (N-methyl/N-ethyl adjacent to an activating group) is 2. The minimum absolute atomic E-state index is 0.507. The van der Waals surface area contributed by atoms with Crippen LogP contribution in [0.15, 0.2) is 48.5 Å². The van der Waals surface area contributed by atoms with E-state index in [9.17, 15) is 4.79 Å². The zero-order valence-electron chi connectivity index (χ0n) is 27.7. The normalized spacial score (nSPS) is 22.3. The van der Waals surface area contributed by atoms with Crippen LogP contribution >= 0.6 is 23.2 Å². The zero-order chi connectivity index (χ0) is 31.9. The lowest BCUT2D eigenvalue weighted by Gasteiger charge is -2.38. The van der Waals surface area contributed by atoms with Gasteiger partial charge in [0.25, 0.3) is 0 Å². The van der Waals surface area contributed by atoms with Gasteiger partial charge in [-0.25, -0.2) is 0 Å². The molecule has 4 heterocycles. The molecule has 250 valence electrons. The summed E-state index contributed by atoms with van der Waals surface area (Å²) in [5, 5.41) is 4.85. The standard InChI is InChI=1S/C18H28ClN3.C11H23N3.C7H5ClO/c1-20-9-4-10-22(14-13-20)17-7-11-21(12-8-17)15-16-5-2-3-6-18(16)19;1-13-7-2-8-14(10-9-13)11-3-5-12-6-4-11;8-7-4-2-1-3-6(7)5-9/h2-3,5-6,17H,4,7-15H2,1H3;11-12H,2-10H2,1H3;1-5H. The first-order valence-corrected chi connectivity index (χ1v) is 17.9. The maximum atomic E-state index is 10.1. The molecule has 0 bridgehead atoms. The Bertz CT molecular complexity index is 1120. The molecule has 6 rings (SSSR count). The molecule has 7 nitrogen and oxygen atoms in total. The fraction of sp³-hybridized carbons (Fsp3) is 0.639. The highest BCUT2D eigenvalue weighted by Gasteiger charge is 2.26. The van der Waals surface area contributed by atoms with Crippen molar-refractivity contribution in [3.63, 3.8) is 0 Å². The monoisotopic (exact) mass is 658 g/mol. The van der Waals surface area contributed by atoms with Crippen molar-refractivity contribution in [3.05, 3.63) is 69.7 Å². The highest BCUT2D eigenvalue weighted by atomic mass is 35.5. The number of carbonyl (C=O) groups excluding carboxylic acids is 1. The van der Waals surface area contributed by atoms with Crippen LogP contribution in [0.4, 0.5) is 0 Å². The quantitative estimate of drug-likeness (QED) is 0.428. The van der Waals surface area contributed by atoms with E-state index in [1.165, 1.54) is 123 Å². The molecule has 0 amide bonds. The number of piperidine rings is 2. The lowest BCUT2D eigenvalue weighted by molar-refractivity contribution is 0.107. The number of carbonyl (C=O) groups is 1. The maximum absolute atomic E-state index is 10.1. The SMILES string of the molecule is CN1CCCN(C2CCN(Cc3ccccc3Cl)CC2)CC1.CN1CCCN(C2CCNCC2)CC1.O=Cc1ccccc1Cl. The van der Waals surface area contributed by atoms with E-state index in [0.29, 0.717) is 10.6 Å². The number of aldehydes is 1. The van der Waals surface area contributed by atoms with Crippen LogP contribution in [0.2, 0.25) is 10.0 Å². The summed E-state index contributed by atoms with van der Waals surface area (Å²) in [6.07, 6.45) is 8.70. The molecule has 1 N–H and O–H groups in total. The average molecular weight is 660 g/mol. The Hall–Kier alpha value is -1.55. The minimum atomic E-state index is 0.507. The first-order valence-electron chi connectivity index (χ1n) is 17.1. The van der Waals surface area contributed by atoms with Crippen LogP contribution in [0, 0.1) is 0 Å². The Labute approximate surface area is 282 Å². The summed E-state index contributed by atoms with van der Waals surface area (Å²) in [6.45, 7) is 15.9. The Morgan fingerprint density at radius 2 is 1.20 bits per heavy atom. The van der Waals surface area contributed by atoms with Gasteiger partial charge in [-0.1, -0.05) is 59.6 Å². The van der Waals surface area contributed by atoms with E-state index < -0.39 is 0 Å². The summed E-state index contributed by atoms with van der Waals surface area (Å²) in [5.41, 5.74) is 1.80. The van der Waals surface area contributed by atoms with Gasteiger partial charge in [0.05, 0.1) is 5.02 Å². The van der Waals surface area contributed by atoms with Crippen molar-refractivity contribution in [1.29, 1.82) is 0 Å². The predicted octanol–water partition coefficient (Wildman–Crippen LogP) is 5.47. The highest BCUT2D eigenvalue weighted by molar-refractivity contribution is 6.32. The molecule has 4 aliphatic heterocycles. The van der Waals surface area contributed by atoms with Crippen LogP contribution < -0.4 is 5.32 Å². The van der Waals surface area contributed by atoms with Crippen molar-refractivity contribution in [3.8, 4) is 0 Å². The summed E-state index contributed by atoms with van der Waals surface area (Å²) < 4.78 is 0. The molecule has 0 aromatic heterocycles. The highest BCUT2D eigenvalue weighted by Crippen LogP contribution is 2.22. The smallest absolute Gasteiger partial charge is 0.151 e. The third kappa shape index (κ3) is 12.5. The molecule has 0 saturated carbocycles. The Balaban J connectivity index is 0.000000171. The third-order valence-electron chi connectivity index (χ3n) is 9.79. The van der Waals surface area contributed by atoms with Crippen molar-refractivity contribution in [1.82, 2.24) is 29.8 Å². The average Bonchev–Trinajstić information content (AvgIpc) is 3.43. The van der Waals surface area contributed by atoms with Crippen LogP contribution in [0.25, 0.3) is 0 Å². The molecule has 0 radical (unpaired) electrons. The zero-order valence-corrected chi connectivity index (χ0v) is 29.2. The summed E-state index contributed by atoms with van der Waals surface area (Å²) in [4.78, 5) is 23.1. The topological polar surface area (TPSA) is 45.3 Å². The number of likely N-dealkylation sites (tertiary alicyclic amines) is 1. The number of rotatable bonds is 5. The predicted molar refractivity (Wildman–Crippen MR) is 190 cm³/mol. The van der Waals surface area contributed by atoms with Gasteiger partial charge in [-0.2, -0.15) is 0 Å². The van der Waals surface area contributed by atoms with Crippen molar-refractivity contribution in [2.75, 3.05) is 92.6 Å². The van der Waals surface area contributed by atoms with Crippen LogP contribution in [0.1, 0.15) is 54.4 Å². The molecule has 0 aliphatic carbocycles. The summed E-state index contributed by atoms with van der Waals surface area (Å²) in [5.74, 6) is 0. The Morgan fingerprint density at radius 3 is 1.73 bits per heavy atom. The van der Waals surface area contributed by atoms with Gasteiger partial charge in [0.2, 0.25) is 0 Å². The Morgan fingerprint density at radius 1 is 0.667 bits per heavy atom. The molecule has 2 aromatic carbocycles. The number of hydrogen-bond donors (Lipinski definition) is 1. The van der Waals surface area contributed by atoms with Crippen molar-refractivity contribution >= 4 is 29.5 Å². The first-order chi connectivity index (χ1) is 21.9. The van der Waals surface area contributed by atoms with Crippen LogP contribution in [0.3, 0.4) is 0 Å².